The highest BCUT2D eigenvalue weighted by Crippen LogP contribution is 2.20. The molecule has 5 heteroatoms. The number of ketones is 1. The third-order valence-electron chi connectivity index (χ3n) is 3.27. The zero-order valence-corrected chi connectivity index (χ0v) is 12.1. The van der Waals surface area contributed by atoms with Crippen LogP contribution in [0.5, 0.6) is 0 Å². The molecule has 0 aromatic carbocycles. The highest BCUT2D eigenvalue weighted by Gasteiger charge is 2.27. The van der Waals surface area contributed by atoms with Crippen LogP contribution in [0.25, 0.3) is 0 Å². The first-order valence-electron chi connectivity index (χ1n) is 6.19. The summed E-state index contributed by atoms with van der Waals surface area (Å²) >= 11 is 3.39. The van der Waals surface area contributed by atoms with Gasteiger partial charge < -0.3 is 9.47 Å². The summed E-state index contributed by atoms with van der Waals surface area (Å²) in [6.07, 6.45) is 4.33. The summed E-state index contributed by atoms with van der Waals surface area (Å²) in [7, 11) is 1.75. The number of rotatable bonds is 4. The van der Waals surface area contributed by atoms with Crippen molar-refractivity contribution in [3.8, 4) is 0 Å². The van der Waals surface area contributed by atoms with Gasteiger partial charge in [0.15, 0.2) is 5.78 Å². The van der Waals surface area contributed by atoms with Crippen molar-refractivity contribution < 1.29 is 9.59 Å². The van der Waals surface area contributed by atoms with Crippen molar-refractivity contribution >= 4 is 27.6 Å². The monoisotopic (exact) mass is 312 g/mol. The van der Waals surface area contributed by atoms with Gasteiger partial charge in [0, 0.05) is 43.6 Å². The zero-order valence-electron chi connectivity index (χ0n) is 10.5. The number of unbranched alkanes of at least 4 members (excludes halogenated alkanes) is 1. The average molecular weight is 313 g/mol. The number of carbonyl (C=O) groups is 2. The SMILES string of the molecule is CN1CCC(=O)c2ccn(CCCCBr)c2C1=O. The van der Waals surface area contributed by atoms with Gasteiger partial charge in [0.2, 0.25) is 0 Å². The van der Waals surface area contributed by atoms with Crippen molar-refractivity contribution in [1.29, 1.82) is 0 Å². The molecule has 0 fully saturated rings. The highest BCUT2D eigenvalue weighted by molar-refractivity contribution is 9.09. The molecule has 0 saturated carbocycles. The molecule has 0 N–H and O–H groups in total. The minimum absolute atomic E-state index is 0.0420. The van der Waals surface area contributed by atoms with E-state index in [1.165, 1.54) is 0 Å². The van der Waals surface area contributed by atoms with E-state index >= 15 is 0 Å². The van der Waals surface area contributed by atoms with Crippen LogP contribution >= 0.6 is 15.9 Å². The maximum Gasteiger partial charge on any atom is 0.270 e. The standard InChI is InChI=1S/C13H17BrN2O2/c1-15-8-5-11(17)10-4-9-16(7-3-2-6-14)12(10)13(15)18/h4,9H,2-3,5-8H2,1H3. The fourth-order valence-corrected chi connectivity index (χ4v) is 2.58. The second kappa shape index (κ2) is 5.69. The van der Waals surface area contributed by atoms with Crippen molar-refractivity contribution in [1.82, 2.24) is 9.47 Å². The van der Waals surface area contributed by atoms with Crippen molar-refractivity contribution in [3.63, 3.8) is 0 Å². The Morgan fingerprint density at radius 1 is 1.33 bits per heavy atom. The van der Waals surface area contributed by atoms with Gasteiger partial charge in [0.25, 0.3) is 5.91 Å². The van der Waals surface area contributed by atoms with Gasteiger partial charge >= 0.3 is 0 Å². The van der Waals surface area contributed by atoms with Crippen LogP contribution in [0.15, 0.2) is 12.3 Å². The van der Waals surface area contributed by atoms with E-state index in [0.29, 0.717) is 24.2 Å². The molecule has 1 aromatic rings. The Hall–Kier alpha value is -1.10. The zero-order chi connectivity index (χ0) is 13.1. The Balaban J connectivity index is 2.29. The molecule has 1 aliphatic rings. The smallest absolute Gasteiger partial charge is 0.270 e. The lowest BCUT2D eigenvalue weighted by Crippen LogP contribution is -2.28. The third kappa shape index (κ3) is 2.51. The lowest BCUT2D eigenvalue weighted by atomic mass is 10.1. The number of fused-ring (bicyclic) bond motifs is 1. The second-order valence-corrected chi connectivity index (χ2v) is 5.36. The number of halogens is 1. The topological polar surface area (TPSA) is 42.3 Å². The van der Waals surface area contributed by atoms with Gasteiger partial charge in [-0.15, -0.1) is 0 Å². The van der Waals surface area contributed by atoms with E-state index in [4.69, 9.17) is 0 Å². The first-order valence-corrected chi connectivity index (χ1v) is 7.31. The number of Topliss-reactive ketones (excluding diaryl/α,β-unsaturated/α-hetero) is 1. The predicted octanol–water partition coefficient (Wildman–Crippen LogP) is 2.32. The molecule has 98 valence electrons. The van der Waals surface area contributed by atoms with Gasteiger partial charge in [0.05, 0.1) is 0 Å². The Morgan fingerprint density at radius 3 is 2.83 bits per heavy atom. The van der Waals surface area contributed by atoms with Crippen LogP contribution in [0, 0.1) is 0 Å². The molecule has 0 aliphatic carbocycles. The summed E-state index contributed by atoms with van der Waals surface area (Å²) in [5, 5.41) is 0.962. The minimum atomic E-state index is -0.0420. The highest BCUT2D eigenvalue weighted by atomic mass is 79.9. The molecule has 0 bridgehead atoms. The number of nitrogens with zero attached hydrogens (tertiary/aromatic N) is 2. The van der Waals surface area contributed by atoms with E-state index in [1.807, 2.05) is 10.8 Å². The quantitative estimate of drug-likeness (QED) is 0.632. The molecule has 1 amide bonds. The van der Waals surface area contributed by atoms with Gasteiger partial charge in [-0.2, -0.15) is 0 Å². The summed E-state index contributed by atoms with van der Waals surface area (Å²) in [6, 6.07) is 1.78. The summed E-state index contributed by atoms with van der Waals surface area (Å²) < 4.78 is 1.92. The largest absolute Gasteiger partial charge is 0.343 e. The Morgan fingerprint density at radius 2 is 2.11 bits per heavy atom. The molecule has 0 spiro atoms. The molecule has 18 heavy (non-hydrogen) atoms. The Labute approximate surface area is 115 Å². The number of amides is 1. The lowest BCUT2D eigenvalue weighted by molar-refractivity contribution is 0.0787. The maximum atomic E-state index is 12.2. The fourth-order valence-electron chi connectivity index (χ4n) is 2.18. The summed E-state index contributed by atoms with van der Waals surface area (Å²) in [5.41, 5.74) is 1.15. The van der Waals surface area contributed by atoms with E-state index < -0.39 is 0 Å². The first kappa shape index (κ1) is 13.3. The van der Waals surface area contributed by atoms with Crippen LogP contribution in [0.3, 0.4) is 0 Å². The minimum Gasteiger partial charge on any atom is -0.343 e. The molecule has 0 radical (unpaired) electrons. The van der Waals surface area contributed by atoms with Gasteiger partial charge in [0.1, 0.15) is 5.69 Å². The van der Waals surface area contributed by atoms with E-state index in [-0.39, 0.29) is 11.7 Å². The van der Waals surface area contributed by atoms with Gasteiger partial charge in [-0.1, -0.05) is 15.9 Å². The maximum absolute atomic E-state index is 12.2. The molecule has 2 heterocycles. The molecule has 0 saturated heterocycles. The predicted molar refractivity (Wildman–Crippen MR) is 73.4 cm³/mol. The second-order valence-electron chi connectivity index (χ2n) is 4.57. The van der Waals surface area contributed by atoms with Gasteiger partial charge in [-0.25, -0.2) is 0 Å². The lowest BCUT2D eigenvalue weighted by Gasteiger charge is -2.15. The normalized spacial score (nSPS) is 15.8. The number of carbonyl (C=O) groups excluding carboxylic acids is 2. The fraction of sp³-hybridized carbons (Fsp3) is 0.538. The van der Waals surface area contributed by atoms with Crippen LogP contribution in [0.2, 0.25) is 0 Å². The van der Waals surface area contributed by atoms with Crippen molar-refractivity contribution in [2.24, 2.45) is 0 Å². The molecule has 1 aliphatic heterocycles. The number of hydrogen-bond acceptors (Lipinski definition) is 2. The van der Waals surface area contributed by atoms with Crippen LogP contribution in [0.4, 0.5) is 0 Å². The number of hydrogen-bond donors (Lipinski definition) is 0. The van der Waals surface area contributed by atoms with Crippen LogP contribution in [-0.2, 0) is 6.54 Å². The van der Waals surface area contributed by atoms with Crippen LogP contribution < -0.4 is 0 Å². The van der Waals surface area contributed by atoms with E-state index in [0.717, 1.165) is 24.7 Å². The Kier molecular flexibility index (Phi) is 4.22. The molecule has 1 aromatic heterocycles. The third-order valence-corrected chi connectivity index (χ3v) is 3.83. The molecular weight excluding hydrogens is 296 g/mol. The summed E-state index contributed by atoms with van der Waals surface area (Å²) in [4.78, 5) is 25.8. The van der Waals surface area contributed by atoms with Crippen molar-refractivity contribution in [2.45, 2.75) is 25.8 Å². The molecular formula is C13H17BrN2O2. The number of aromatic nitrogens is 1. The molecule has 2 rings (SSSR count). The van der Waals surface area contributed by atoms with Crippen molar-refractivity contribution in [2.75, 3.05) is 18.9 Å². The molecule has 0 atom stereocenters. The average Bonchev–Trinajstić information content (AvgIpc) is 2.74. The van der Waals surface area contributed by atoms with E-state index in [9.17, 15) is 9.59 Å². The molecule has 4 nitrogen and oxygen atoms in total. The summed E-state index contributed by atoms with van der Waals surface area (Å²) in [6.45, 7) is 1.29. The molecule has 0 unspecified atom stereocenters. The van der Waals surface area contributed by atoms with E-state index in [2.05, 4.69) is 15.9 Å². The van der Waals surface area contributed by atoms with Gasteiger partial charge in [-0.3, -0.25) is 9.59 Å². The van der Waals surface area contributed by atoms with Crippen LogP contribution in [-0.4, -0.2) is 40.1 Å². The van der Waals surface area contributed by atoms with Crippen molar-refractivity contribution in [3.05, 3.63) is 23.5 Å². The van der Waals surface area contributed by atoms with E-state index in [1.54, 1.807) is 18.0 Å². The van der Waals surface area contributed by atoms with Gasteiger partial charge in [-0.05, 0) is 18.9 Å². The first-order chi connectivity index (χ1) is 8.65. The van der Waals surface area contributed by atoms with Crippen LogP contribution in [0.1, 0.15) is 40.1 Å². The summed E-state index contributed by atoms with van der Waals surface area (Å²) in [5.74, 6) is 0.0293. The number of alkyl halides is 1. The Bertz CT molecular complexity index is 468. The number of aryl methyl sites for hydroxylation is 1.